The second-order valence-electron chi connectivity index (χ2n) is 3.44. The molecule has 16 heavy (non-hydrogen) atoms. The van der Waals surface area contributed by atoms with Gasteiger partial charge in [0, 0.05) is 16.1 Å². The second kappa shape index (κ2) is 4.93. The molecular formula is C11H12ClN3S. The summed E-state index contributed by atoms with van der Waals surface area (Å²) in [5.74, 6) is 5.58. The van der Waals surface area contributed by atoms with Gasteiger partial charge in [0.25, 0.3) is 0 Å². The largest absolute Gasteiger partial charge is 0.271 e. The molecule has 0 spiro atoms. The quantitative estimate of drug-likeness (QED) is 0.653. The minimum absolute atomic E-state index is 0.0510. The van der Waals surface area contributed by atoms with Gasteiger partial charge in [-0.3, -0.25) is 5.84 Å². The summed E-state index contributed by atoms with van der Waals surface area (Å²) in [6.45, 7) is 1.97. The Morgan fingerprint density at radius 2 is 2.31 bits per heavy atom. The van der Waals surface area contributed by atoms with Crippen LogP contribution in [0.2, 0.25) is 5.02 Å². The standard InChI is InChI=1S/C11H12ClN3S/c1-7-14-6-10(16-7)11(15-13)8-3-2-4-9(12)5-8/h2-6,11,15H,13H2,1H3. The molecule has 2 rings (SSSR count). The number of hydrogen-bond acceptors (Lipinski definition) is 4. The monoisotopic (exact) mass is 253 g/mol. The zero-order chi connectivity index (χ0) is 11.5. The lowest BCUT2D eigenvalue weighted by atomic mass is 10.1. The molecule has 2 aromatic rings. The van der Waals surface area contributed by atoms with Crippen LogP contribution in [0, 0.1) is 6.92 Å². The van der Waals surface area contributed by atoms with Crippen molar-refractivity contribution in [1.29, 1.82) is 0 Å². The van der Waals surface area contributed by atoms with Crippen molar-refractivity contribution in [2.24, 2.45) is 5.84 Å². The van der Waals surface area contributed by atoms with Crippen LogP contribution in [0.4, 0.5) is 0 Å². The number of benzene rings is 1. The summed E-state index contributed by atoms with van der Waals surface area (Å²) in [6, 6.07) is 7.60. The maximum Gasteiger partial charge on any atom is 0.0897 e. The Kier molecular flexibility index (Phi) is 3.56. The number of hydrogen-bond donors (Lipinski definition) is 2. The smallest absolute Gasteiger partial charge is 0.0897 e. The lowest BCUT2D eigenvalue weighted by Crippen LogP contribution is -2.28. The molecule has 1 aromatic carbocycles. The third-order valence-electron chi connectivity index (χ3n) is 2.27. The summed E-state index contributed by atoms with van der Waals surface area (Å²) < 4.78 is 0. The lowest BCUT2D eigenvalue weighted by molar-refractivity contribution is 0.645. The molecule has 3 nitrogen and oxygen atoms in total. The maximum atomic E-state index is 5.96. The van der Waals surface area contributed by atoms with E-state index in [4.69, 9.17) is 17.4 Å². The van der Waals surface area contributed by atoms with Gasteiger partial charge in [-0.15, -0.1) is 11.3 Å². The molecule has 1 atom stereocenters. The number of halogens is 1. The molecule has 1 unspecified atom stereocenters. The van der Waals surface area contributed by atoms with Crippen LogP contribution >= 0.6 is 22.9 Å². The first kappa shape index (κ1) is 11.5. The number of nitrogens with one attached hydrogen (secondary N) is 1. The van der Waals surface area contributed by atoms with Crippen molar-refractivity contribution in [3.8, 4) is 0 Å². The lowest BCUT2D eigenvalue weighted by Gasteiger charge is -2.14. The van der Waals surface area contributed by atoms with Crippen molar-refractivity contribution >= 4 is 22.9 Å². The summed E-state index contributed by atoms with van der Waals surface area (Å²) in [7, 11) is 0. The fourth-order valence-electron chi connectivity index (χ4n) is 1.54. The Bertz CT molecular complexity index is 484. The van der Waals surface area contributed by atoms with Gasteiger partial charge in [-0.2, -0.15) is 0 Å². The normalized spacial score (nSPS) is 12.7. The first-order valence-corrected chi connectivity index (χ1v) is 6.04. The van der Waals surface area contributed by atoms with Crippen LogP contribution in [-0.4, -0.2) is 4.98 Å². The molecule has 0 saturated heterocycles. The van der Waals surface area contributed by atoms with Gasteiger partial charge in [0.1, 0.15) is 0 Å². The Balaban J connectivity index is 2.36. The van der Waals surface area contributed by atoms with Crippen LogP contribution in [0.1, 0.15) is 21.5 Å². The van der Waals surface area contributed by atoms with Crippen molar-refractivity contribution in [3.05, 3.63) is 50.9 Å². The fraction of sp³-hybridized carbons (Fsp3) is 0.182. The topological polar surface area (TPSA) is 50.9 Å². The predicted molar refractivity (Wildman–Crippen MR) is 67.5 cm³/mol. The van der Waals surface area contributed by atoms with E-state index >= 15 is 0 Å². The highest BCUT2D eigenvalue weighted by Gasteiger charge is 2.14. The van der Waals surface area contributed by atoms with E-state index < -0.39 is 0 Å². The molecule has 0 saturated carbocycles. The van der Waals surface area contributed by atoms with Gasteiger partial charge >= 0.3 is 0 Å². The van der Waals surface area contributed by atoms with E-state index in [0.29, 0.717) is 5.02 Å². The molecule has 0 aliphatic rings. The minimum Gasteiger partial charge on any atom is -0.271 e. The van der Waals surface area contributed by atoms with Crippen LogP contribution < -0.4 is 11.3 Å². The van der Waals surface area contributed by atoms with Gasteiger partial charge in [-0.25, -0.2) is 10.4 Å². The van der Waals surface area contributed by atoms with Gasteiger partial charge in [-0.05, 0) is 24.6 Å². The molecule has 3 N–H and O–H groups in total. The van der Waals surface area contributed by atoms with Crippen molar-refractivity contribution in [1.82, 2.24) is 10.4 Å². The van der Waals surface area contributed by atoms with E-state index in [1.165, 1.54) is 0 Å². The highest BCUT2D eigenvalue weighted by molar-refractivity contribution is 7.11. The number of nitrogens with two attached hydrogens (primary N) is 1. The van der Waals surface area contributed by atoms with Crippen molar-refractivity contribution in [3.63, 3.8) is 0 Å². The Morgan fingerprint density at radius 1 is 1.50 bits per heavy atom. The summed E-state index contributed by atoms with van der Waals surface area (Å²) in [5, 5.41) is 1.73. The Hall–Kier alpha value is -0.940. The van der Waals surface area contributed by atoms with Crippen molar-refractivity contribution < 1.29 is 0 Å². The third kappa shape index (κ3) is 2.41. The predicted octanol–water partition coefficient (Wildman–Crippen LogP) is 2.66. The highest BCUT2D eigenvalue weighted by atomic mass is 35.5. The number of hydrazine groups is 1. The molecule has 84 valence electrons. The van der Waals surface area contributed by atoms with E-state index in [9.17, 15) is 0 Å². The van der Waals surface area contributed by atoms with Crippen LogP contribution in [0.5, 0.6) is 0 Å². The van der Waals surface area contributed by atoms with E-state index in [-0.39, 0.29) is 6.04 Å². The first-order valence-electron chi connectivity index (χ1n) is 4.84. The van der Waals surface area contributed by atoms with Gasteiger partial charge in [0.05, 0.1) is 11.0 Å². The molecule has 1 aromatic heterocycles. The highest BCUT2D eigenvalue weighted by Crippen LogP contribution is 2.27. The summed E-state index contributed by atoms with van der Waals surface area (Å²) in [5.41, 5.74) is 3.83. The first-order chi connectivity index (χ1) is 7.70. The van der Waals surface area contributed by atoms with Crippen LogP contribution in [-0.2, 0) is 0 Å². The van der Waals surface area contributed by atoms with Crippen LogP contribution in [0.15, 0.2) is 30.5 Å². The second-order valence-corrected chi connectivity index (χ2v) is 5.14. The van der Waals surface area contributed by atoms with E-state index in [1.54, 1.807) is 11.3 Å². The zero-order valence-electron chi connectivity index (χ0n) is 8.77. The zero-order valence-corrected chi connectivity index (χ0v) is 10.3. The van der Waals surface area contributed by atoms with Crippen LogP contribution in [0.25, 0.3) is 0 Å². The number of aryl methyl sites for hydroxylation is 1. The number of rotatable bonds is 3. The minimum atomic E-state index is -0.0510. The number of nitrogens with zero attached hydrogens (tertiary/aromatic N) is 1. The average Bonchev–Trinajstić information content (AvgIpc) is 2.66. The van der Waals surface area contributed by atoms with Gasteiger partial charge in [0.15, 0.2) is 0 Å². The molecular weight excluding hydrogens is 242 g/mol. The number of thiazole rings is 1. The summed E-state index contributed by atoms with van der Waals surface area (Å²) >= 11 is 7.58. The van der Waals surface area contributed by atoms with E-state index in [0.717, 1.165) is 15.4 Å². The van der Waals surface area contributed by atoms with Gasteiger partial charge in [0.2, 0.25) is 0 Å². The average molecular weight is 254 g/mol. The van der Waals surface area contributed by atoms with Crippen LogP contribution in [0.3, 0.4) is 0 Å². The molecule has 1 heterocycles. The summed E-state index contributed by atoms with van der Waals surface area (Å²) in [4.78, 5) is 5.31. The molecule has 0 radical (unpaired) electrons. The molecule has 0 amide bonds. The number of aromatic nitrogens is 1. The SMILES string of the molecule is Cc1ncc(C(NN)c2cccc(Cl)c2)s1. The Morgan fingerprint density at radius 3 is 2.88 bits per heavy atom. The van der Waals surface area contributed by atoms with E-state index in [1.807, 2.05) is 37.4 Å². The molecule has 0 bridgehead atoms. The summed E-state index contributed by atoms with van der Waals surface area (Å²) in [6.07, 6.45) is 1.84. The van der Waals surface area contributed by atoms with Gasteiger partial charge < -0.3 is 0 Å². The van der Waals surface area contributed by atoms with Crippen molar-refractivity contribution in [2.75, 3.05) is 0 Å². The maximum absolute atomic E-state index is 5.96. The van der Waals surface area contributed by atoms with Gasteiger partial charge in [-0.1, -0.05) is 23.7 Å². The molecule has 0 aliphatic carbocycles. The Labute approximate surface area is 103 Å². The third-order valence-corrected chi connectivity index (χ3v) is 3.49. The van der Waals surface area contributed by atoms with Crippen molar-refractivity contribution in [2.45, 2.75) is 13.0 Å². The van der Waals surface area contributed by atoms with E-state index in [2.05, 4.69) is 10.4 Å². The molecule has 0 fully saturated rings. The molecule has 5 heteroatoms. The fourth-order valence-corrected chi connectivity index (χ4v) is 2.61. The molecule has 0 aliphatic heterocycles.